The predicted molar refractivity (Wildman–Crippen MR) is 78.5 cm³/mol. The summed E-state index contributed by atoms with van der Waals surface area (Å²) in [4.78, 5) is 10.8. The molecule has 2 aromatic rings. The first-order valence-corrected chi connectivity index (χ1v) is 6.50. The predicted octanol–water partition coefficient (Wildman–Crippen LogP) is 3.24. The normalized spacial score (nSPS) is 11.4. The van der Waals surface area contributed by atoms with E-state index < -0.39 is 5.97 Å². The maximum atomic E-state index is 10.8. The molecule has 0 amide bonds. The minimum atomic E-state index is -0.972. The molecule has 2 rings (SSSR count). The molecule has 1 N–H and O–H groups in total. The van der Waals surface area contributed by atoms with Gasteiger partial charge in [-0.3, -0.25) is 0 Å². The Morgan fingerprint density at radius 1 is 1.24 bits per heavy atom. The molecule has 0 aliphatic carbocycles. The molecule has 2 aromatic carbocycles. The number of carbonyl (C=O) groups is 1. The number of hydrogen-bond donors (Lipinski definition) is 1. The van der Waals surface area contributed by atoms with E-state index in [0.717, 1.165) is 16.9 Å². The molecule has 0 saturated carbocycles. The Balaban J connectivity index is 2.24. The summed E-state index contributed by atoms with van der Waals surface area (Å²) >= 11 is 0. The minimum Gasteiger partial charge on any atom is -0.496 e. The van der Waals surface area contributed by atoms with Gasteiger partial charge in [-0.05, 0) is 35.7 Å². The maximum Gasteiger partial charge on any atom is 0.335 e. The first-order valence-electron chi connectivity index (χ1n) is 6.50. The summed E-state index contributed by atoms with van der Waals surface area (Å²) in [6, 6.07) is 16.2. The van der Waals surface area contributed by atoms with Crippen LogP contribution in [0.1, 0.15) is 27.4 Å². The number of methoxy groups -OCH3 is 1. The van der Waals surface area contributed by atoms with Crippen LogP contribution in [0.5, 0.6) is 5.75 Å². The summed E-state index contributed by atoms with van der Waals surface area (Å²) in [6.07, 6.45) is 0.521. The van der Waals surface area contributed by atoms with Gasteiger partial charge in [-0.15, -0.1) is 0 Å². The van der Waals surface area contributed by atoms with E-state index in [1.165, 1.54) is 12.1 Å². The Bertz CT molecular complexity index is 671. The topological polar surface area (TPSA) is 70.3 Å². The number of nitrogens with zero attached hydrogens (tertiary/aromatic N) is 1. The van der Waals surface area contributed by atoms with Crippen molar-refractivity contribution in [2.45, 2.75) is 12.3 Å². The van der Waals surface area contributed by atoms with Crippen LogP contribution in [0, 0.1) is 11.3 Å². The second-order valence-electron chi connectivity index (χ2n) is 4.62. The summed E-state index contributed by atoms with van der Waals surface area (Å²) in [6.45, 7) is 0. The molecular weight excluding hydrogens is 266 g/mol. The third kappa shape index (κ3) is 3.40. The SMILES string of the molecule is COc1ccccc1CC(C#N)c1ccc(C(=O)O)cc1. The number of carboxylic acids is 1. The molecule has 0 fully saturated rings. The molecule has 0 aliphatic rings. The molecule has 0 aromatic heterocycles. The average molecular weight is 281 g/mol. The summed E-state index contributed by atoms with van der Waals surface area (Å²) in [5.41, 5.74) is 1.97. The highest BCUT2D eigenvalue weighted by molar-refractivity contribution is 5.87. The van der Waals surface area contributed by atoms with Gasteiger partial charge in [-0.25, -0.2) is 4.79 Å². The van der Waals surface area contributed by atoms with E-state index in [4.69, 9.17) is 9.84 Å². The van der Waals surface area contributed by atoms with Gasteiger partial charge in [0.25, 0.3) is 0 Å². The van der Waals surface area contributed by atoms with Crippen molar-refractivity contribution in [3.8, 4) is 11.8 Å². The third-order valence-electron chi connectivity index (χ3n) is 3.33. The number of rotatable bonds is 5. The average Bonchev–Trinajstić information content (AvgIpc) is 2.53. The van der Waals surface area contributed by atoms with Crippen molar-refractivity contribution in [1.82, 2.24) is 0 Å². The molecule has 21 heavy (non-hydrogen) atoms. The van der Waals surface area contributed by atoms with E-state index in [1.807, 2.05) is 24.3 Å². The van der Waals surface area contributed by atoms with Gasteiger partial charge in [-0.1, -0.05) is 30.3 Å². The van der Waals surface area contributed by atoms with E-state index in [2.05, 4.69) is 6.07 Å². The van der Waals surface area contributed by atoms with Gasteiger partial charge in [0.2, 0.25) is 0 Å². The van der Waals surface area contributed by atoms with Gasteiger partial charge in [0.05, 0.1) is 24.7 Å². The monoisotopic (exact) mass is 281 g/mol. The smallest absolute Gasteiger partial charge is 0.335 e. The second-order valence-corrected chi connectivity index (χ2v) is 4.62. The number of benzene rings is 2. The number of ether oxygens (including phenoxy) is 1. The maximum absolute atomic E-state index is 10.8. The largest absolute Gasteiger partial charge is 0.496 e. The van der Waals surface area contributed by atoms with Crippen molar-refractivity contribution in [1.29, 1.82) is 5.26 Å². The molecule has 0 aliphatic heterocycles. The van der Waals surface area contributed by atoms with Crippen LogP contribution in [0.4, 0.5) is 0 Å². The number of hydrogen-bond acceptors (Lipinski definition) is 3. The summed E-state index contributed by atoms with van der Waals surface area (Å²) in [5, 5.41) is 18.3. The number of aromatic carboxylic acids is 1. The van der Waals surface area contributed by atoms with Crippen LogP contribution < -0.4 is 4.74 Å². The Labute approximate surface area is 123 Å². The molecule has 0 saturated heterocycles. The summed E-state index contributed by atoms with van der Waals surface area (Å²) < 4.78 is 5.29. The number of para-hydroxylation sites is 1. The van der Waals surface area contributed by atoms with E-state index in [0.29, 0.717) is 6.42 Å². The van der Waals surface area contributed by atoms with Gasteiger partial charge in [0, 0.05) is 0 Å². The highest BCUT2D eigenvalue weighted by atomic mass is 16.5. The van der Waals surface area contributed by atoms with E-state index in [1.54, 1.807) is 19.2 Å². The van der Waals surface area contributed by atoms with Gasteiger partial charge in [0.15, 0.2) is 0 Å². The van der Waals surface area contributed by atoms with Crippen LogP contribution in [-0.2, 0) is 6.42 Å². The van der Waals surface area contributed by atoms with Crippen LogP contribution in [-0.4, -0.2) is 18.2 Å². The molecular formula is C17H15NO3. The van der Waals surface area contributed by atoms with Crippen LogP contribution >= 0.6 is 0 Å². The Morgan fingerprint density at radius 2 is 1.90 bits per heavy atom. The lowest BCUT2D eigenvalue weighted by molar-refractivity contribution is 0.0697. The van der Waals surface area contributed by atoms with Crippen LogP contribution in [0.2, 0.25) is 0 Å². The van der Waals surface area contributed by atoms with Crippen molar-refractivity contribution >= 4 is 5.97 Å². The fourth-order valence-corrected chi connectivity index (χ4v) is 2.19. The van der Waals surface area contributed by atoms with Gasteiger partial charge >= 0.3 is 5.97 Å². The van der Waals surface area contributed by atoms with E-state index in [9.17, 15) is 10.1 Å². The minimum absolute atomic E-state index is 0.215. The quantitative estimate of drug-likeness (QED) is 0.913. The molecule has 0 bridgehead atoms. The standard InChI is InChI=1S/C17H15NO3/c1-21-16-5-3-2-4-14(16)10-15(11-18)12-6-8-13(9-7-12)17(19)20/h2-9,15H,10H2,1H3,(H,19,20). The van der Waals surface area contributed by atoms with E-state index in [-0.39, 0.29) is 11.5 Å². The number of nitriles is 1. The van der Waals surface area contributed by atoms with Crippen molar-refractivity contribution < 1.29 is 14.6 Å². The van der Waals surface area contributed by atoms with Crippen molar-refractivity contribution in [2.24, 2.45) is 0 Å². The highest BCUT2D eigenvalue weighted by Crippen LogP contribution is 2.26. The lowest BCUT2D eigenvalue weighted by atomic mass is 9.92. The molecule has 4 heteroatoms. The first kappa shape index (κ1) is 14.6. The van der Waals surface area contributed by atoms with Gasteiger partial charge in [-0.2, -0.15) is 5.26 Å². The molecule has 0 radical (unpaired) electrons. The number of carboxylic acid groups (broad SMARTS) is 1. The van der Waals surface area contributed by atoms with Crippen molar-refractivity contribution in [3.05, 3.63) is 65.2 Å². The fourth-order valence-electron chi connectivity index (χ4n) is 2.19. The lowest BCUT2D eigenvalue weighted by Gasteiger charge is -2.12. The molecule has 4 nitrogen and oxygen atoms in total. The van der Waals surface area contributed by atoms with Crippen LogP contribution in [0.3, 0.4) is 0 Å². The molecule has 0 heterocycles. The molecule has 1 atom stereocenters. The summed E-state index contributed by atoms with van der Waals surface area (Å²) in [7, 11) is 1.60. The Morgan fingerprint density at radius 3 is 2.48 bits per heavy atom. The Kier molecular flexibility index (Phi) is 4.57. The zero-order chi connectivity index (χ0) is 15.2. The molecule has 0 spiro atoms. The van der Waals surface area contributed by atoms with Gasteiger partial charge < -0.3 is 9.84 Å². The molecule has 106 valence electrons. The third-order valence-corrected chi connectivity index (χ3v) is 3.33. The lowest BCUT2D eigenvalue weighted by Crippen LogP contribution is -2.03. The zero-order valence-electron chi connectivity index (χ0n) is 11.6. The molecule has 1 unspecified atom stereocenters. The zero-order valence-corrected chi connectivity index (χ0v) is 11.6. The van der Waals surface area contributed by atoms with Crippen LogP contribution in [0.25, 0.3) is 0 Å². The first-order chi connectivity index (χ1) is 10.2. The highest BCUT2D eigenvalue weighted by Gasteiger charge is 2.14. The van der Waals surface area contributed by atoms with Gasteiger partial charge in [0.1, 0.15) is 5.75 Å². The van der Waals surface area contributed by atoms with E-state index >= 15 is 0 Å². The fraction of sp³-hybridized carbons (Fsp3) is 0.176. The summed E-state index contributed by atoms with van der Waals surface area (Å²) in [5.74, 6) is -0.566. The second kappa shape index (κ2) is 6.58. The van der Waals surface area contributed by atoms with Crippen LogP contribution in [0.15, 0.2) is 48.5 Å². The Hall–Kier alpha value is -2.80. The van der Waals surface area contributed by atoms with Crippen molar-refractivity contribution in [2.75, 3.05) is 7.11 Å². The van der Waals surface area contributed by atoms with Crippen molar-refractivity contribution in [3.63, 3.8) is 0 Å².